The molecule has 1 aliphatic carbocycles. The molecule has 1 aromatic heterocycles. The molecule has 1 aliphatic heterocycles. The number of anilines is 1. The number of ether oxygens (including phenoxy) is 1. The van der Waals surface area contributed by atoms with Gasteiger partial charge >= 0.3 is 0 Å². The van der Waals surface area contributed by atoms with Gasteiger partial charge in [-0.15, -0.1) is 0 Å². The van der Waals surface area contributed by atoms with Crippen LogP contribution in [0.2, 0.25) is 0 Å². The van der Waals surface area contributed by atoms with Gasteiger partial charge in [0.2, 0.25) is 5.88 Å². The summed E-state index contributed by atoms with van der Waals surface area (Å²) in [6.45, 7) is 1.89. The van der Waals surface area contributed by atoms with Crippen LogP contribution in [0.5, 0.6) is 5.88 Å². The Balaban J connectivity index is 1.61. The fraction of sp³-hybridized carbons (Fsp3) is 0.500. The summed E-state index contributed by atoms with van der Waals surface area (Å²) in [7, 11) is 2.18. The first-order valence-corrected chi connectivity index (χ1v) is 8.28. The third-order valence-corrected chi connectivity index (χ3v) is 4.78. The van der Waals surface area contributed by atoms with Gasteiger partial charge in [0.25, 0.3) is 0 Å². The van der Waals surface area contributed by atoms with Crippen LogP contribution in [0.1, 0.15) is 25.7 Å². The predicted octanol–water partition coefficient (Wildman–Crippen LogP) is 3.28. The maximum atomic E-state index is 6.12. The van der Waals surface area contributed by atoms with Crippen LogP contribution in [0.4, 0.5) is 5.69 Å². The van der Waals surface area contributed by atoms with Crippen LogP contribution >= 0.6 is 0 Å². The van der Waals surface area contributed by atoms with E-state index in [1.165, 1.54) is 37.6 Å². The topological polar surface area (TPSA) is 37.4 Å². The number of benzene rings is 1. The summed E-state index contributed by atoms with van der Waals surface area (Å²) in [6, 6.07) is 9.56. The molecule has 4 heteroatoms. The molecule has 2 aromatic rings. The largest absolute Gasteiger partial charge is 0.476 e. The van der Waals surface area contributed by atoms with Crippen molar-refractivity contribution < 1.29 is 4.74 Å². The van der Waals surface area contributed by atoms with Crippen LogP contribution in [0.15, 0.2) is 30.5 Å². The van der Waals surface area contributed by atoms with Crippen molar-refractivity contribution in [3.8, 4) is 5.88 Å². The summed E-state index contributed by atoms with van der Waals surface area (Å²) in [5.41, 5.74) is 1.16. The third kappa shape index (κ3) is 2.75. The van der Waals surface area contributed by atoms with Crippen molar-refractivity contribution in [2.45, 2.75) is 37.8 Å². The molecule has 1 saturated carbocycles. The summed E-state index contributed by atoms with van der Waals surface area (Å²) in [4.78, 5) is 6.88. The Morgan fingerprint density at radius 3 is 2.95 bits per heavy atom. The van der Waals surface area contributed by atoms with Crippen LogP contribution in [0, 0.1) is 0 Å². The number of aromatic nitrogens is 1. The number of hydrogen-bond acceptors (Lipinski definition) is 4. The Labute approximate surface area is 131 Å². The Morgan fingerprint density at radius 2 is 2.18 bits per heavy atom. The lowest BCUT2D eigenvalue weighted by Gasteiger charge is -2.20. The second-order valence-electron chi connectivity index (χ2n) is 6.53. The highest BCUT2D eigenvalue weighted by atomic mass is 16.5. The van der Waals surface area contributed by atoms with Gasteiger partial charge in [-0.1, -0.05) is 12.1 Å². The van der Waals surface area contributed by atoms with Gasteiger partial charge in [0.05, 0.1) is 5.39 Å². The van der Waals surface area contributed by atoms with Crippen LogP contribution in [0.25, 0.3) is 10.8 Å². The number of fused-ring (bicyclic) bond motifs is 1. The maximum absolute atomic E-state index is 6.12. The van der Waals surface area contributed by atoms with Crippen LogP contribution in [-0.2, 0) is 0 Å². The summed E-state index contributed by atoms with van der Waals surface area (Å²) < 4.78 is 6.12. The molecule has 22 heavy (non-hydrogen) atoms. The predicted molar refractivity (Wildman–Crippen MR) is 89.5 cm³/mol. The second kappa shape index (κ2) is 5.76. The Kier molecular flexibility index (Phi) is 3.62. The molecular formula is C18H23N3O. The van der Waals surface area contributed by atoms with Gasteiger partial charge in [0.1, 0.15) is 6.61 Å². The summed E-state index contributed by atoms with van der Waals surface area (Å²) in [6.07, 6.45) is 6.85. The van der Waals surface area contributed by atoms with Crippen LogP contribution in [0.3, 0.4) is 0 Å². The lowest BCUT2D eigenvalue weighted by atomic mass is 10.1. The molecule has 0 spiro atoms. The molecule has 0 bridgehead atoms. The number of likely N-dealkylation sites (tertiary alicyclic amines) is 1. The normalized spacial score (nSPS) is 22.1. The Hall–Kier alpha value is -1.81. The van der Waals surface area contributed by atoms with Crippen molar-refractivity contribution in [3.63, 3.8) is 0 Å². The van der Waals surface area contributed by atoms with Gasteiger partial charge in [-0.3, -0.25) is 0 Å². The van der Waals surface area contributed by atoms with E-state index in [9.17, 15) is 0 Å². The standard InChI is InChI=1S/C18H23N3O/c1-21-11-3-5-15(21)12-22-18-17-13(9-10-19-18)4-2-6-16(17)20-14-7-8-14/h2,4,6,9-10,14-15,20H,3,5,7-8,11-12H2,1H3. The molecule has 1 saturated heterocycles. The van der Waals surface area contributed by atoms with Crippen molar-refractivity contribution >= 4 is 16.5 Å². The van der Waals surface area contributed by atoms with Crippen molar-refractivity contribution in [2.75, 3.05) is 25.5 Å². The van der Waals surface area contributed by atoms with Gasteiger partial charge in [-0.05, 0) is 56.8 Å². The first kappa shape index (κ1) is 13.8. The monoisotopic (exact) mass is 297 g/mol. The summed E-state index contributed by atoms with van der Waals surface area (Å²) in [5, 5.41) is 5.92. The van der Waals surface area contributed by atoms with Crippen LogP contribution in [-0.4, -0.2) is 42.2 Å². The average Bonchev–Trinajstić information content (AvgIpc) is 3.25. The molecule has 0 amide bonds. The Morgan fingerprint density at radius 1 is 1.27 bits per heavy atom. The zero-order valence-corrected chi connectivity index (χ0v) is 13.1. The molecule has 116 valence electrons. The van der Waals surface area contributed by atoms with Crippen molar-refractivity contribution in [3.05, 3.63) is 30.5 Å². The van der Waals surface area contributed by atoms with E-state index in [4.69, 9.17) is 4.74 Å². The van der Waals surface area contributed by atoms with E-state index < -0.39 is 0 Å². The van der Waals surface area contributed by atoms with E-state index >= 15 is 0 Å². The smallest absolute Gasteiger partial charge is 0.223 e. The minimum atomic E-state index is 0.514. The van der Waals surface area contributed by atoms with Gasteiger partial charge in [-0.25, -0.2) is 4.98 Å². The van der Waals surface area contributed by atoms with Gasteiger partial charge < -0.3 is 15.0 Å². The van der Waals surface area contributed by atoms with E-state index in [1.807, 2.05) is 6.20 Å². The summed E-state index contributed by atoms with van der Waals surface area (Å²) >= 11 is 0. The molecule has 2 fully saturated rings. The Bertz CT molecular complexity index is 663. The highest BCUT2D eigenvalue weighted by Crippen LogP contribution is 2.34. The van der Waals surface area contributed by atoms with Gasteiger partial charge in [0.15, 0.2) is 0 Å². The van der Waals surface area contributed by atoms with E-state index in [0.29, 0.717) is 12.1 Å². The maximum Gasteiger partial charge on any atom is 0.223 e. The molecule has 0 radical (unpaired) electrons. The molecular weight excluding hydrogens is 274 g/mol. The fourth-order valence-corrected chi connectivity index (χ4v) is 3.24. The quantitative estimate of drug-likeness (QED) is 0.919. The van der Waals surface area contributed by atoms with Gasteiger partial charge in [0, 0.05) is 24.0 Å². The van der Waals surface area contributed by atoms with E-state index in [1.54, 1.807) is 0 Å². The minimum absolute atomic E-state index is 0.514. The minimum Gasteiger partial charge on any atom is -0.476 e. The van der Waals surface area contributed by atoms with E-state index in [-0.39, 0.29) is 0 Å². The number of nitrogens with zero attached hydrogens (tertiary/aromatic N) is 2. The average molecular weight is 297 g/mol. The number of likely N-dealkylation sites (N-methyl/N-ethyl adjacent to an activating group) is 1. The fourth-order valence-electron chi connectivity index (χ4n) is 3.24. The number of nitrogens with one attached hydrogen (secondary N) is 1. The van der Waals surface area contributed by atoms with Gasteiger partial charge in [-0.2, -0.15) is 0 Å². The van der Waals surface area contributed by atoms with E-state index in [2.05, 4.69) is 46.5 Å². The number of pyridine rings is 1. The zero-order valence-electron chi connectivity index (χ0n) is 13.1. The molecule has 1 unspecified atom stereocenters. The molecule has 4 rings (SSSR count). The lowest BCUT2D eigenvalue weighted by molar-refractivity contribution is 0.195. The molecule has 1 aromatic carbocycles. The molecule has 1 N–H and O–H groups in total. The molecule has 2 aliphatic rings. The molecule has 2 heterocycles. The molecule has 4 nitrogen and oxygen atoms in total. The SMILES string of the molecule is CN1CCCC1COc1nccc2cccc(NC3CC3)c12. The van der Waals surface area contributed by atoms with Crippen LogP contribution < -0.4 is 10.1 Å². The molecule has 1 atom stereocenters. The van der Waals surface area contributed by atoms with Crippen molar-refractivity contribution in [1.29, 1.82) is 0 Å². The zero-order chi connectivity index (χ0) is 14.9. The third-order valence-electron chi connectivity index (χ3n) is 4.78. The first-order chi connectivity index (χ1) is 10.8. The second-order valence-corrected chi connectivity index (χ2v) is 6.53. The lowest BCUT2D eigenvalue weighted by Crippen LogP contribution is -2.30. The number of rotatable bonds is 5. The van der Waals surface area contributed by atoms with Crippen molar-refractivity contribution in [2.24, 2.45) is 0 Å². The first-order valence-electron chi connectivity index (χ1n) is 8.28. The highest BCUT2D eigenvalue weighted by molar-refractivity contribution is 5.97. The highest BCUT2D eigenvalue weighted by Gasteiger charge is 2.24. The van der Waals surface area contributed by atoms with Crippen molar-refractivity contribution in [1.82, 2.24) is 9.88 Å². The summed E-state index contributed by atoms with van der Waals surface area (Å²) in [5.74, 6) is 0.765. The number of hydrogen-bond donors (Lipinski definition) is 1. The van der Waals surface area contributed by atoms with E-state index in [0.717, 1.165) is 23.6 Å².